The average Bonchev–Trinajstić information content (AvgIpc) is 3.06. The Hall–Kier alpha value is -1.51. The number of aliphatic hydroxyl groups is 1. The molecule has 0 bridgehead atoms. The molecule has 1 aliphatic heterocycles. The minimum atomic E-state index is -4.11. The van der Waals surface area contributed by atoms with Crippen LogP contribution in [-0.4, -0.2) is 58.3 Å². The van der Waals surface area contributed by atoms with Gasteiger partial charge < -0.3 is 15.6 Å². The summed E-state index contributed by atoms with van der Waals surface area (Å²) in [5.41, 5.74) is 6.36. The lowest BCUT2D eigenvalue weighted by molar-refractivity contribution is -0.0415. The first-order valence-corrected chi connectivity index (χ1v) is 9.53. The first-order valence-electron chi connectivity index (χ1n) is 6.83. The van der Waals surface area contributed by atoms with E-state index in [0.717, 1.165) is 0 Å². The van der Waals surface area contributed by atoms with E-state index in [1.807, 2.05) is 6.26 Å². The fourth-order valence-electron chi connectivity index (χ4n) is 2.48. The highest BCUT2D eigenvalue weighted by Crippen LogP contribution is 2.35. The number of thioether (sulfide) groups is 1. The van der Waals surface area contributed by atoms with Crippen molar-refractivity contribution >= 4 is 38.9 Å². The molecular weight excluding hydrogens is 360 g/mol. The molecule has 3 rings (SSSR count). The van der Waals surface area contributed by atoms with Gasteiger partial charge in [-0.05, 0) is 6.26 Å². The molecule has 0 radical (unpaired) electrons. The first-order chi connectivity index (χ1) is 11.3. The van der Waals surface area contributed by atoms with Crippen molar-refractivity contribution in [3.05, 3.63) is 6.33 Å². The number of fused-ring (bicyclic) bond motifs is 1. The van der Waals surface area contributed by atoms with Gasteiger partial charge in [0.15, 0.2) is 11.9 Å². The number of aliphatic hydroxyl groups excluding tert-OH is 1. The molecular formula is C11H16N6O5S2. The summed E-state index contributed by atoms with van der Waals surface area (Å²) in [6.45, 7) is -0.387. The molecule has 0 unspecified atom stereocenters. The summed E-state index contributed by atoms with van der Waals surface area (Å²) < 4.78 is 33.4. The van der Waals surface area contributed by atoms with Gasteiger partial charge in [-0.15, -0.1) is 11.8 Å². The highest BCUT2D eigenvalue weighted by Gasteiger charge is 2.37. The Bertz CT molecular complexity index is 856. The summed E-state index contributed by atoms with van der Waals surface area (Å²) in [7, 11) is -4.11. The predicted octanol–water partition coefficient (Wildman–Crippen LogP) is -1.00. The molecule has 24 heavy (non-hydrogen) atoms. The lowest BCUT2D eigenvalue weighted by Gasteiger charge is -2.14. The molecule has 0 saturated carbocycles. The molecule has 1 fully saturated rings. The van der Waals surface area contributed by atoms with Crippen LogP contribution in [0.4, 0.5) is 5.82 Å². The normalized spacial score (nSPS) is 24.7. The van der Waals surface area contributed by atoms with Gasteiger partial charge in [0.25, 0.3) is 0 Å². The maximum Gasteiger partial charge on any atom is 0.333 e. The second-order valence-corrected chi connectivity index (χ2v) is 7.14. The smallest absolute Gasteiger partial charge is 0.333 e. The van der Waals surface area contributed by atoms with E-state index in [1.54, 1.807) is 0 Å². The van der Waals surface area contributed by atoms with Gasteiger partial charge in [0, 0.05) is 6.42 Å². The SMILES string of the molecule is CSc1nn([C@@H]2C[C@@H](O)[C@@H](COS(N)(=O)=O)O2)c2ncnc(N)c12. The largest absolute Gasteiger partial charge is 0.390 e. The Balaban J connectivity index is 1.88. The van der Waals surface area contributed by atoms with Crippen LogP contribution in [0.3, 0.4) is 0 Å². The Labute approximate surface area is 141 Å². The van der Waals surface area contributed by atoms with Gasteiger partial charge in [-0.25, -0.2) is 19.8 Å². The van der Waals surface area contributed by atoms with E-state index < -0.39 is 28.7 Å². The quantitative estimate of drug-likeness (QED) is 0.550. The van der Waals surface area contributed by atoms with Crippen LogP contribution < -0.4 is 10.9 Å². The van der Waals surface area contributed by atoms with E-state index in [1.165, 1.54) is 22.8 Å². The van der Waals surface area contributed by atoms with Crippen molar-refractivity contribution in [2.24, 2.45) is 5.14 Å². The van der Waals surface area contributed by atoms with Crippen LogP contribution in [0, 0.1) is 0 Å². The molecule has 132 valence electrons. The number of anilines is 1. The van der Waals surface area contributed by atoms with Crippen LogP contribution in [0.25, 0.3) is 11.0 Å². The Morgan fingerprint density at radius 2 is 2.29 bits per heavy atom. The summed E-state index contributed by atoms with van der Waals surface area (Å²) in [4.78, 5) is 8.13. The Morgan fingerprint density at radius 3 is 2.96 bits per heavy atom. The van der Waals surface area contributed by atoms with Crippen LogP contribution in [0.15, 0.2) is 11.4 Å². The Kier molecular flexibility index (Phi) is 4.63. The van der Waals surface area contributed by atoms with Crippen molar-refractivity contribution in [3.63, 3.8) is 0 Å². The van der Waals surface area contributed by atoms with Gasteiger partial charge in [-0.2, -0.15) is 13.5 Å². The molecule has 0 amide bonds. The molecule has 0 aliphatic carbocycles. The van der Waals surface area contributed by atoms with Crippen molar-refractivity contribution in [2.45, 2.75) is 29.9 Å². The number of nitrogen functional groups attached to an aromatic ring is 1. The molecule has 3 atom stereocenters. The summed E-state index contributed by atoms with van der Waals surface area (Å²) in [6.07, 6.45) is 0.898. The number of nitrogens with zero attached hydrogens (tertiary/aromatic N) is 4. The highest BCUT2D eigenvalue weighted by atomic mass is 32.2. The highest BCUT2D eigenvalue weighted by molar-refractivity contribution is 7.98. The lowest BCUT2D eigenvalue weighted by Crippen LogP contribution is -2.30. The first kappa shape index (κ1) is 17.3. The monoisotopic (exact) mass is 376 g/mol. The van der Waals surface area contributed by atoms with Gasteiger partial charge in [0.05, 0.1) is 18.1 Å². The van der Waals surface area contributed by atoms with Crippen molar-refractivity contribution in [3.8, 4) is 0 Å². The molecule has 0 aromatic carbocycles. The second kappa shape index (κ2) is 6.42. The number of rotatable bonds is 5. The number of aromatic nitrogens is 4. The molecule has 1 aliphatic rings. The van der Waals surface area contributed by atoms with Gasteiger partial charge in [-0.3, -0.25) is 4.18 Å². The average molecular weight is 376 g/mol. The van der Waals surface area contributed by atoms with E-state index in [0.29, 0.717) is 21.9 Å². The third-order valence-corrected chi connectivity index (χ3v) is 4.69. The summed E-state index contributed by atoms with van der Waals surface area (Å²) in [5, 5.41) is 20.5. The summed E-state index contributed by atoms with van der Waals surface area (Å²) >= 11 is 1.38. The maximum absolute atomic E-state index is 10.9. The van der Waals surface area contributed by atoms with Crippen LogP contribution in [0.1, 0.15) is 12.6 Å². The van der Waals surface area contributed by atoms with Gasteiger partial charge >= 0.3 is 10.3 Å². The van der Waals surface area contributed by atoms with Crippen molar-refractivity contribution in [1.82, 2.24) is 19.7 Å². The zero-order valence-corrected chi connectivity index (χ0v) is 14.2. The molecule has 2 aromatic rings. The summed E-state index contributed by atoms with van der Waals surface area (Å²) in [6, 6.07) is 0. The standard InChI is InChI=1S/C11H16N6O5S2/c1-23-11-8-9(12)14-4-15-10(8)17(16-11)7-2-5(18)6(22-7)3-21-24(13,19)20/h4-7,18H,2-3H2,1H3,(H2,12,14,15)(H2,13,19,20)/t5-,6-,7+/m1/s1. The molecule has 0 spiro atoms. The number of nitrogens with two attached hydrogens (primary N) is 2. The zero-order chi connectivity index (χ0) is 17.5. The molecule has 3 heterocycles. The minimum Gasteiger partial charge on any atom is -0.390 e. The van der Waals surface area contributed by atoms with Gasteiger partial charge in [0.1, 0.15) is 23.3 Å². The molecule has 13 heteroatoms. The van der Waals surface area contributed by atoms with Crippen LogP contribution in [0.2, 0.25) is 0 Å². The summed E-state index contributed by atoms with van der Waals surface area (Å²) in [5.74, 6) is 0.295. The third-order valence-electron chi connectivity index (χ3n) is 3.55. The van der Waals surface area contributed by atoms with Crippen molar-refractivity contribution < 1.29 is 22.4 Å². The third kappa shape index (κ3) is 3.31. The van der Waals surface area contributed by atoms with Crippen molar-refractivity contribution in [2.75, 3.05) is 18.6 Å². The van der Waals surface area contributed by atoms with E-state index in [4.69, 9.17) is 15.6 Å². The molecule has 1 saturated heterocycles. The van der Waals surface area contributed by atoms with Crippen LogP contribution >= 0.6 is 11.8 Å². The van der Waals surface area contributed by atoms with E-state index in [-0.39, 0.29) is 13.0 Å². The lowest BCUT2D eigenvalue weighted by atomic mass is 10.2. The second-order valence-electron chi connectivity index (χ2n) is 5.12. The van der Waals surface area contributed by atoms with Crippen LogP contribution in [0.5, 0.6) is 0 Å². The van der Waals surface area contributed by atoms with E-state index >= 15 is 0 Å². The van der Waals surface area contributed by atoms with Gasteiger partial charge in [0.2, 0.25) is 0 Å². The molecule has 2 aromatic heterocycles. The minimum absolute atomic E-state index is 0.188. The Morgan fingerprint density at radius 1 is 1.54 bits per heavy atom. The van der Waals surface area contributed by atoms with E-state index in [2.05, 4.69) is 19.2 Å². The topological polar surface area (TPSA) is 168 Å². The molecule has 5 N–H and O–H groups in total. The van der Waals surface area contributed by atoms with E-state index in [9.17, 15) is 13.5 Å². The van der Waals surface area contributed by atoms with Crippen LogP contribution in [-0.2, 0) is 19.2 Å². The van der Waals surface area contributed by atoms with Crippen molar-refractivity contribution in [1.29, 1.82) is 0 Å². The zero-order valence-electron chi connectivity index (χ0n) is 12.6. The van der Waals surface area contributed by atoms with Gasteiger partial charge in [-0.1, -0.05) is 0 Å². The predicted molar refractivity (Wildman–Crippen MR) is 85.1 cm³/mol. The number of hydrogen-bond acceptors (Lipinski definition) is 10. The number of hydrogen-bond donors (Lipinski definition) is 3. The fraction of sp³-hybridized carbons (Fsp3) is 0.545. The maximum atomic E-state index is 10.9. The fourth-order valence-corrected chi connectivity index (χ4v) is 3.38. The number of ether oxygens (including phenoxy) is 1. The molecule has 11 nitrogen and oxygen atoms in total.